The van der Waals surface area contributed by atoms with Crippen LogP contribution in [0.15, 0.2) is 41.4 Å². The predicted molar refractivity (Wildman–Crippen MR) is 97.6 cm³/mol. The molecule has 132 valence electrons. The van der Waals surface area contributed by atoms with Gasteiger partial charge in [-0.3, -0.25) is 14.7 Å². The van der Waals surface area contributed by atoms with Crippen LogP contribution < -0.4 is 5.32 Å². The zero-order chi connectivity index (χ0) is 17.1. The lowest BCUT2D eigenvalue weighted by molar-refractivity contribution is -0.0793. The first-order valence-electron chi connectivity index (χ1n) is 8.81. The molecule has 25 heavy (non-hydrogen) atoms. The van der Waals surface area contributed by atoms with E-state index in [4.69, 9.17) is 4.74 Å². The van der Waals surface area contributed by atoms with E-state index in [0.29, 0.717) is 12.2 Å². The summed E-state index contributed by atoms with van der Waals surface area (Å²) < 4.78 is 6.19. The quantitative estimate of drug-likeness (QED) is 0.914. The average molecular weight is 357 g/mol. The predicted octanol–water partition coefficient (Wildman–Crippen LogP) is 2.70. The number of carbonyl (C=O) groups excluding carboxylic acids is 1. The van der Waals surface area contributed by atoms with Gasteiger partial charge in [0.15, 0.2) is 0 Å². The fourth-order valence-corrected chi connectivity index (χ4v) is 4.57. The lowest BCUT2D eigenvalue weighted by Crippen LogP contribution is -2.49. The third-order valence-electron chi connectivity index (χ3n) is 5.15. The van der Waals surface area contributed by atoms with E-state index in [0.717, 1.165) is 38.9 Å². The number of carbonyl (C=O) groups is 1. The van der Waals surface area contributed by atoms with E-state index in [1.54, 1.807) is 35.9 Å². The standard InChI is InChI=1S/C19H23N3O2S/c23-18(16-1-6-20-7-2-16)21-17-3-9-24-19(11-17)5-8-22(14-19)12-15-4-10-25-13-15/h1-2,4,6-7,10,13,17H,3,5,8-9,11-12,14H2,(H,21,23)/t17-,19-/m0/s1. The molecule has 0 aliphatic carbocycles. The molecule has 2 aromatic rings. The van der Waals surface area contributed by atoms with Crippen molar-refractivity contribution >= 4 is 17.2 Å². The Hall–Kier alpha value is -1.76. The Morgan fingerprint density at radius 1 is 1.40 bits per heavy atom. The highest BCUT2D eigenvalue weighted by Gasteiger charge is 2.43. The van der Waals surface area contributed by atoms with Gasteiger partial charge in [0.25, 0.3) is 5.91 Å². The molecule has 2 atom stereocenters. The molecule has 2 saturated heterocycles. The number of nitrogens with one attached hydrogen (secondary N) is 1. The number of aromatic nitrogens is 1. The minimum atomic E-state index is -0.107. The van der Waals surface area contributed by atoms with Crippen LogP contribution in [0.25, 0.3) is 0 Å². The lowest BCUT2D eigenvalue weighted by atomic mass is 9.89. The normalized spacial score (nSPS) is 26.8. The second kappa shape index (κ2) is 7.23. The number of thiophene rings is 1. The monoisotopic (exact) mass is 357 g/mol. The third-order valence-corrected chi connectivity index (χ3v) is 5.88. The van der Waals surface area contributed by atoms with Crippen molar-refractivity contribution in [3.05, 3.63) is 52.5 Å². The fraction of sp³-hybridized carbons (Fsp3) is 0.474. The molecule has 0 radical (unpaired) electrons. The number of hydrogen-bond acceptors (Lipinski definition) is 5. The van der Waals surface area contributed by atoms with E-state index in [2.05, 4.69) is 32.0 Å². The van der Waals surface area contributed by atoms with E-state index in [1.165, 1.54) is 5.56 Å². The van der Waals surface area contributed by atoms with Crippen LogP contribution in [0.4, 0.5) is 0 Å². The maximum atomic E-state index is 12.4. The summed E-state index contributed by atoms with van der Waals surface area (Å²) in [4.78, 5) is 18.8. The van der Waals surface area contributed by atoms with Crippen LogP contribution >= 0.6 is 11.3 Å². The summed E-state index contributed by atoms with van der Waals surface area (Å²) in [6, 6.07) is 5.87. The van der Waals surface area contributed by atoms with E-state index >= 15 is 0 Å². The maximum absolute atomic E-state index is 12.4. The van der Waals surface area contributed by atoms with Crippen LogP contribution in [0.2, 0.25) is 0 Å². The lowest BCUT2D eigenvalue weighted by Gasteiger charge is -2.38. The Morgan fingerprint density at radius 2 is 2.28 bits per heavy atom. The average Bonchev–Trinajstić information content (AvgIpc) is 3.27. The Balaban J connectivity index is 1.35. The molecule has 0 unspecified atom stereocenters. The van der Waals surface area contributed by atoms with Gasteiger partial charge in [0, 0.05) is 50.2 Å². The Bertz CT molecular complexity index is 707. The van der Waals surface area contributed by atoms with Gasteiger partial charge in [0.1, 0.15) is 0 Å². The fourth-order valence-electron chi connectivity index (χ4n) is 3.91. The maximum Gasteiger partial charge on any atom is 0.251 e. The summed E-state index contributed by atoms with van der Waals surface area (Å²) in [5.41, 5.74) is 1.94. The molecule has 1 N–H and O–H groups in total. The van der Waals surface area contributed by atoms with Crippen molar-refractivity contribution < 1.29 is 9.53 Å². The number of likely N-dealkylation sites (tertiary alicyclic amines) is 1. The van der Waals surface area contributed by atoms with Crippen molar-refractivity contribution in [1.82, 2.24) is 15.2 Å². The van der Waals surface area contributed by atoms with Crippen LogP contribution in [0.3, 0.4) is 0 Å². The van der Waals surface area contributed by atoms with E-state index in [1.807, 2.05) is 0 Å². The zero-order valence-electron chi connectivity index (χ0n) is 14.2. The van der Waals surface area contributed by atoms with E-state index in [-0.39, 0.29) is 17.6 Å². The van der Waals surface area contributed by atoms with Crippen LogP contribution in [0, 0.1) is 0 Å². The summed E-state index contributed by atoms with van der Waals surface area (Å²) in [7, 11) is 0. The first kappa shape index (κ1) is 16.7. The van der Waals surface area contributed by atoms with E-state index < -0.39 is 0 Å². The summed E-state index contributed by atoms with van der Waals surface area (Å²) >= 11 is 1.75. The molecule has 2 aromatic heterocycles. The molecule has 0 bridgehead atoms. The first-order chi connectivity index (χ1) is 12.2. The number of pyridine rings is 1. The van der Waals surface area contributed by atoms with Gasteiger partial charge in [-0.2, -0.15) is 11.3 Å². The van der Waals surface area contributed by atoms with Gasteiger partial charge >= 0.3 is 0 Å². The SMILES string of the molecule is O=C(N[C@H]1CCO[C@@]2(CCN(Cc3ccsc3)C2)C1)c1ccncc1. The van der Waals surface area contributed by atoms with Gasteiger partial charge in [-0.1, -0.05) is 0 Å². The van der Waals surface area contributed by atoms with Crippen molar-refractivity contribution in [2.24, 2.45) is 0 Å². The summed E-state index contributed by atoms with van der Waals surface area (Å²) in [6.45, 7) is 3.71. The number of nitrogens with zero attached hydrogens (tertiary/aromatic N) is 2. The highest BCUT2D eigenvalue weighted by Crippen LogP contribution is 2.35. The third kappa shape index (κ3) is 3.92. The van der Waals surface area contributed by atoms with Crippen molar-refractivity contribution in [2.75, 3.05) is 19.7 Å². The van der Waals surface area contributed by atoms with Crippen LogP contribution in [0.5, 0.6) is 0 Å². The molecule has 1 amide bonds. The van der Waals surface area contributed by atoms with Gasteiger partial charge in [-0.25, -0.2) is 0 Å². The number of rotatable bonds is 4. The summed E-state index contributed by atoms with van der Waals surface area (Å²) in [6.07, 6.45) is 6.12. The molecule has 1 spiro atoms. The number of ether oxygens (including phenoxy) is 1. The van der Waals surface area contributed by atoms with Crippen molar-refractivity contribution in [1.29, 1.82) is 0 Å². The second-order valence-electron chi connectivity index (χ2n) is 7.02. The van der Waals surface area contributed by atoms with Gasteiger partial charge < -0.3 is 10.1 Å². The van der Waals surface area contributed by atoms with Crippen molar-refractivity contribution in [3.63, 3.8) is 0 Å². The largest absolute Gasteiger partial charge is 0.373 e. The van der Waals surface area contributed by atoms with Crippen LogP contribution in [0.1, 0.15) is 35.2 Å². The van der Waals surface area contributed by atoms with Crippen molar-refractivity contribution in [2.45, 2.75) is 37.5 Å². The van der Waals surface area contributed by atoms with E-state index in [9.17, 15) is 4.79 Å². The van der Waals surface area contributed by atoms with Crippen molar-refractivity contribution in [3.8, 4) is 0 Å². The molecule has 2 fully saturated rings. The van der Waals surface area contributed by atoms with Gasteiger partial charge in [-0.15, -0.1) is 0 Å². The van der Waals surface area contributed by atoms with Gasteiger partial charge in [0.2, 0.25) is 0 Å². The molecule has 4 heterocycles. The summed E-state index contributed by atoms with van der Waals surface area (Å²) in [5, 5.41) is 7.52. The van der Waals surface area contributed by atoms with Crippen LogP contribution in [-0.4, -0.2) is 47.1 Å². The molecule has 5 nitrogen and oxygen atoms in total. The molecule has 4 rings (SSSR count). The number of hydrogen-bond donors (Lipinski definition) is 1. The molecule has 2 aliphatic rings. The Labute approximate surface area is 152 Å². The minimum Gasteiger partial charge on any atom is -0.373 e. The highest BCUT2D eigenvalue weighted by atomic mass is 32.1. The minimum absolute atomic E-state index is 0.0161. The molecular weight excluding hydrogens is 334 g/mol. The highest BCUT2D eigenvalue weighted by molar-refractivity contribution is 7.07. The first-order valence-corrected chi connectivity index (χ1v) is 9.75. The molecular formula is C19H23N3O2S. The molecule has 0 aromatic carbocycles. The van der Waals surface area contributed by atoms with Gasteiger partial charge in [-0.05, 0) is 53.8 Å². The smallest absolute Gasteiger partial charge is 0.251 e. The number of amides is 1. The Morgan fingerprint density at radius 3 is 3.08 bits per heavy atom. The van der Waals surface area contributed by atoms with Crippen LogP contribution in [-0.2, 0) is 11.3 Å². The molecule has 6 heteroatoms. The molecule has 0 saturated carbocycles. The Kier molecular flexibility index (Phi) is 4.83. The second-order valence-corrected chi connectivity index (χ2v) is 7.80. The topological polar surface area (TPSA) is 54.5 Å². The summed E-state index contributed by atoms with van der Waals surface area (Å²) in [5.74, 6) is -0.0161. The molecule has 2 aliphatic heterocycles. The van der Waals surface area contributed by atoms with Gasteiger partial charge in [0.05, 0.1) is 5.60 Å². The zero-order valence-corrected chi connectivity index (χ0v) is 15.0.